The Kier molecular flexibility index (Phi) is 5.41. The topological polar surface area (TPSA) is 69.4 Å². The van der Waals surface area contributed by atoms with Crippen molar-refractivity contribution in [2.75, 3.05) is 19.1 Å². The molecule has 17 heavy (non-hydrogen) atoms. The third-order valence-corrected chi connectivity index (χ3v) is 4.81. The molecule has 0 aromatic heterocycles. The second-order valence-corrected chi connectivity index (χ2v) is 7.47. The number of methoxy groups -OCH3 is 1. The van der Waals surface area contributed by atoms with Crippen LogP contribution in [0.4, 0.5) is 0 Å². The van der Waals surface area contributed by atoms with E-state index in [4.69, 9.17) is 10.5 Å². The van der Waals surface area contributed by atoms with Gasteiger partial charge in [0.1, 0.15) is 9.84 Å². The van der Waals surface area contributed by atoms with E-state index in [2.05, 4.69) is 0 Å². The Morgan fingerprint density at radius 2 is 1.76 bits per heavy atom. The molecule has 0 aliphatic heterocycles. The van der Waals surface area contributed by atoms with Crippen LogP contribution < -0.4 is 5.73 Å². The highest BCUT2D eigenvalue weighted by Crippen LogP contribution is 2.33. The third kappa shape index (κ3) is 4.56. The van der Waals surface area contributed by atoms with Crippen LogP contribution in [0, 0.1) is 0 Å². The van der Waals surface area contributed by atoms with Crippen molar-refractivity contribution >= 4 is 9.84 Å². The molecule has 0 bridgehead atoms. The smallest absolute Gasteiger partial charge is 0.147 e. The van der Waals surface area contributed by atoms with Crippen LogP contribution in [0.2, 0.25) is 0 Å². The molecule has 0 amide bonds. The van der Waals surface area contributed by atoms with Crippen LogP contribution in [0.3, 0.4) is 0 Å². The Balaban J connectivity index is 2.64. The van der Waals surface area contributed by atoms with Gasteiger partial charge in [-0.25, -0.2) is 8.42 Å². The molecule has 1 rings (SSSR count). The fourth-order valence-corrected chi connectivity index (χ4v) is 3.34. The lowest BCUT2D eigenvalue weighted by Gasteiger charge is -2.37. The van der Waals surface area contributed by atoms with Crippen molar-refractivity contribution in [1.29, 1.82) is 0 Å². The summed E-state index contributed by atoms with van der Waals surface area (Å²) in [6.45, 7) is 0. The summed E-state index contributed by atoms with van der Waals surface area (Å²) in [7, 11) is -1.24. The number of hydrogen-bond donors (Lipinski definition) is 1. The summed E-state index contributed by atoms with van der Waals surface area (Å²) in [6, 6.07) is -0.180. The monoisotopic (exact) mass is 263 g/mol. The molecule has 0 saturated heterocycles. The molecule has 1 aliphatic rings. The zero-order valence-corrected chi connectivity index (χ0v) is 11.8. The summed E-state index contributed by atoms with van der Waals surface area (Å²) in [6.07, 6.45) is 8.36. The SMILES string of the molecule is COC1(C(N)CCS(C)(=O)=O)CCCCCC1. The van der Waals surface area contributed by atoms with Gasteiger partial charge in [0.05, 0.1) is 11.4 Å². The van der Waals surface area contributed by atoms with Gasteiger partial charge in [0.2, 0.25) is 0 Å². The molecule has 1 aliphatic carbocycles. The van der Waals surface area contributed by atoms with Gasteiger partial charge < -0.3 is 10.5 Å². The molecule has 1 saturated carbocycles. The van der Waals surface area contributed by atoms with Crippen LogP contribution in [-0.4, -0.2) is 39.2 Å². The van der Waals surface area contributed by atoms with E-state index in [1.807, 2.05) is 0 Å². The molecule has 0 heterocycles. The van der Waals surface area contributed by atoms with E-state index in [0.717, 1.165) is 25.7 Å². The molecule has 5 heteroatoms. The van der Waals surface area contributed by atoms with E-state index in [-0.39, 0.29) is 17.4 Å². The fourth-order valence-electron chi connectivity index (χ4n) is 2.66. The highest BCUT2D eigenvalue weighted by Gasteiger charge is 2.37. The summed E-state index contributed by atoms with van der Waals surface area (Å²) in [5.41, 5.74) is 5.88. The van der Waals surface area contributed by atoms with Crippen molar-refractivity contribution in [3.63, 3.8) is 0 Å². The maximum atomic E-state index is 11.2. The minimum Gasteiger partial charge on any atom is -0.377 e. The van der Waals surface area contributed by atoms with Gasteiger partial charge in [-0.05, 0) is 19.3 Å². The average Bonchev–Trinajstić information content (AvgIpc) is 2.51. The van der Waals surface area contributed by atoms with Crippen LogP contribution >= 0.6 is 0 Å². The van der Waals surface area contributed by atoms with Gasteiger partial charge in [0.15, 0.2) is 0 Å². The summed E-state index contributed by atoms with van der Waals surface area (Å²) in [4.78, 5) is 0. The van der Waals surface area contributed by atoms with E-state index in [1.165, 1.54) is 19.1 Å². The van der Waals surface area contributed by atoms with E-state index in [0.29, 0.717) is 6.42 Å². The van der Waals surface area contributed by atoms with E-state index >= 15 is 0 Å². The largest absolute Gasteiger partial charge is 0.377 e. The molecule has 2 N–H and O–H groups in total. The summed E-state index contributed by atoms with van der Waals surface area (Å²) in [5, 5.41) is 0. The lowest BCUT2D eigenvalue weighted by molar-refractivity contribution is -0.0437. The normalized spacial score (nSPS) is 23.0. The van der Waals surface area contributed by atoms with E-state index in [9.17, 15) is 8.42 Å². The predicted octanol–water partition coefficient (Wildman–Crippen LogP) is 1.49. The summed E-state index contributed by atoms with van der Waals surface area (Å²) in [5.74, 6) is 0.152. The van der Waals surface area contributed by atoms with Crippen molar-refractivity contribution in [1.82, 2.24) is 0 Å². The Morgan fingerprint density at radius 1 is 1.24 bits per heavy atom. The van der Waals surface area contributed by atoms with Crippen molar-refractivity contribution in [2.45, 2.75) is 56.6 Å². The molecular formula is C12H25NO3S. The van der Waals surface area contributed by atoms with Crippen molar-refractivity contribution < 1.29 is 13.2 Å². The number of ether oxygens (including phenoxy) is 1. The highest BCUT2D eigenvalue weighted by atomic mass is 32.2. The third-order valence-electron chi connectivity index (χ3n) is 3.83. The first kappa shape index (κ1) is 14.9. The van der Waals surface area contributed by atoms with Gasteiger partial charge >= 0.3 is 0 Å². The molecule has 1 atom stereocenters. The summed E-state index contributed by atoms with van der Waals surface area (Å²) >= 11 is 0. The highest BCUT2D eigenvalue weighted by molar-refractivity contribution is 7.90. The lowest BCUT2D eigenvalue weighted by atomic mass is 9.85. The first-order valence-electron chi connectivity index (χ1n) is 6.38. The van der Waals surface area contributed by atoms with Crippen molar-refractivity contribution in [3.8, 4) is 0 Å². The minimum absolute atomic E-state index is 0.152. The first-order chi connectivity index (χ1) is 7.90. The second kappa shape index (κ2) is 6.16. The molecule has 1 unspecified atom stereocenters. The Morgan fingerprint density at radius 3 is 2.18 bits per heavy atom. The standard InChI is InChI=1S/C12H25NO3S/c1-16-12(8-5-3-4-6-9-12)11(13)7-10-17(2,14)15/h11H,3-10,13H2,1-2H3. The fraction of sp³-hybridized carbons (Fsp3) is 1.00. The average molecular weight is 263 g/mol. The molecule has 102 valence electrons. The first-order valence-corrected chi connectivity index (χ1v) is 8.44. The lowest BCUT2D eigenvalue weighted by Crippen LogP contribution is -2.50. The van der Waals surface area contributed by atoms with Gasteiger partial charge in [-0.1, -0.05) is 25.7 Å². The molecule has 1 fully saturated rings. The van der Waals surface area contributed by atoms with Gasteiger partial charge in [0.25, 0.3) is 0 Å². The van der Waals surface area contributed by atoms with Crippen LogP contribution in [0.15, 0.2) is 0 Å². The molecule has 0 spiro atoms. The predicted molar refractivity (Wildman–Crippen MR) is 69.7 cm³/mol. The van der Waals surface area contributed by atoms with Crippen LogP contribution in [0.25, 0.3) is 0 Å². The van der Waals surface area contributed by atoms with Gasteiger partial charge in [-0.3, -0.25) is 0 Å². The maximum Gasteiger partial charge on any atom is 0.147 e. The second-order valence-electron chi connectivity index (χ2n) is 5.21. The maximum absolute atomic E-state index is 11.2. The van der Waals surface area contributed by atoms with E-state index in [1.54, 1.807) is 7.11 Å². The molecule has 0 aromatic carbocycles. The Labute approximate surface area is 105 Å². The quantitative estimate of drug-likeness (QED) is 0.763. The molecule has 0 aromatic rings. The van der Waals surface area contributed by atoms with Crippen LogP contribution in [-0.2, 0) is 14.6 Å². The minimum atomic E-state index is -2.94. The van der Waals surface area contributed by atoms with Crippen molar-refractivity contribution in [2.24, 2.45) is 5.73 Å². The van der Waals surface area contributed by atoms with Gasteiger partial charge in [-0.2, -0.15) is 0 Å². The van der Waals surface area contributed by atoms with E-state index < -0.39 is 9.84 Å². The Bertz CT molecular complexity index is 319. The number of hydrogen-bond acceptors (Lipinski definition) is 4. The number of sulfone groups is 1. The number of nitrogens with two attached hydrogens (primary N) is 1. The zero-order chi connectivity index (χ0) is 12.9. The molecule has 4 nitrogen and oxygen atoms in total. The molecule has 0 radical (unpaired) electrons. The van der Waals surface area contributed by atoms with Gasteiger partial charge in [-0.15, -0.1) is 0 Å². The van der Waals surface area contributed by atoms with Crippen LogP contribution in [0.5, 0.6) is 0 Å². The molecular weight excluding hydrogens is 238 g/mol. The van der Waals surface area contributed by atoms with Crippen LogP contribution in [0.1, 0.15) is 44.9 Å². The Hall–Kier alpha value is -0.130. The van der Waals surface area contributed by atoms with Gasteiger partial charge in [0, 0.05) is 19.4 Å². The number of rotatable bonds is 5. The zero-order valence-electron chi connectivity index (χ0n) is 10.9. The summed E-state index contributed by atoms with van der Waals surface area (Å²) < 4.78 is 28.0. The van der Waals surface area contributed by atoms with Crippen molar-refractivity contribution in [3.05, 3.63) is 0 Å².